The number of aryl methyl sites for hydroxylation is 1. The Kier molecular flexibility index (Phi) is 5.09. The van der Waals surface area contributed by atoms with Gasteiger partial charge in [-0.3, -0.25) is 9.59 Å². The molecular formula is C19H19N3O3. The lowest BCUT2D eigenvalue weighted by molar-refractivity contribution is -0.121. The second kappa shape index (κ2) is 7.61. The van der Waals surface area contributed by atoms with Crippen LogP contribution < -0.4 is 15.6 Å². The largest absolute Gasteiger partial charge is 0.481 e. The summed E-state index contributed by atoms with van der Waals surface area (Å²) in [4.78, 5) is 28.2. The molecule has 3 rings (SSSR count). The molecule has 6 heteroatoms. The minimum Gasteiger partial charge on any atom is -0.481 e. The highest BCUT2D eigenvalue weighted by atomic mass is 16.5. The average Bonchev–Trinajstić information content (AvgIpc) is 2.65. The summed E-state index contributed by atoms with van der Waals surface area (Å²) in [7, 11) is 1.57. The van der Waals surface area contributed by atoms with E-state index in [1.165, 1.54) is 10.6 Å². The predicted molar refractivity (Wildman–Crippen MR) is 95.5 cm³/mol. The van der Waals surface area contributed by atoms with E-state index in [1.54, 1.807) is 25.4 Å². The molecule has 1 amide bonds. The third-order valence-electron chi connectivity index (χ3n) is 3.94. The van der Waals surface area contributed by atoms with Crippen LogP contribution in [0.25, 0.3) is 10.9 Å². The maximum Gasteiger partial charge on any atom is 0.250 e. The van der Waals surface area contributed by atoms with Gasteiger partial charge < -0.3 is 14.6 Å². The number of nitrogens with one attached hydrogen (secondary N) is 1. The third-order valence-corrected chi connectivity index (χ3v) is 3.94. The monoisotopic (exact) mass is 337 g/mol. The van der Waals surface area contributed by atoms with Gasteiger partial charge in [-0.2, -0.15) is 0 Å². The van der Waals surface area contributed by atoms with Gasteiger partial charge in [-0.1, -0.05) is 24.3 Å². The number of amides is 1. The van der Waals surface area contributed by atoms with E-state index in [2.05, 4.69) is 10.3 Å². The molecule has 2 heterocycles. The van der Waals surface area contributed by atoms with Crippen LogP contribution in [0.15, 0.2) is 59.5 Å². The van der Waals surface area contributed by atoms with Crippen LogP contribution in [0.4, 0.5) is 0 Å². The number of nitrogens with zero attached hydrogens (tertiary/aromatic N) is 2. The third kappa shape index (κ3) is 4.03. The highest BCUT2D eigenvalue weighted by molar-refractivity contribution is 5.83. The number of carbonyl (C=O) groups is 1. The first kappa shape index (κ1) is 16.7. The van der Waals surface area contributed by atoms with Crippen LogP contribution in [0, 0.1) is 0 Å². The first-order chi connectivity index (χ1) is 12.2. The molecule has 1 N–H and O–H groups in total. The lowest BCUT2D eigenvalue weighted by Gasteiger charge is -2.10. The topological polar surface area (TPSA) is 73.2 Å². The summed E-state index contributed by atoms with van der Waals surface area (Å²) < 4.78 is 6.74. The van der Waals surface area contributed by atoms with E-state index >= 15 is 0 Å². The van der Waals surface area contributed by atoms with Crippen molar-refractivity contribution in [1.82, 2.24) is 14.9 Å². The Labute approximate surface area is 145 Å². The van der Waals surface area contributed by atoms with Crippen LogP contribution in [-0.4, -0.2) is 22.6 Å². The quantitative estimate of drug-likeness (QED) is 0.748. The highest BCUT2D eigenvalue weighted by Crippen LogP contribution is 2.21. The number of rotatable bonds is 6. The van der Waals surface area contributed by atoms with Gasteiger partial charge >= 0.3 is 0 Å². The molecule has 0 radical (unpaired) electrons. The summed E-state index contributed by atoms with van der Waals surface area (Å²) in [5.41, 5.74) is 1.65. The molecule has 128 valence electrons. The van der Waals surface area contributed by atoms with Crippen molar-refractivity contribution < 1.29 is 9.53 Å². The molecule has 3 aromatic rings. The molecule has 25 heavy (non-hydrogen) atoms. The molecule has 1 aromatic carbocycles. The standard InChI is InChI=1S/C19H19N3O3/c1-25-18-12-14(15-6-2-3-7-16(15)21-18)13-20-17(23)9-11-22-10-5-4-8-19(22)24/h2-8,10,12H,9,11,13H2,1H3,(H,20,23). The molecule has 2 aromatic heterocycles. The van der Waals surface area contributed by atoms with E-state index in [-0.39, 0.29) is 17.9 Å². The SMILES string of the molecule is COc1cc(CNC(=O)CCn2ccccc2=O)c2ccccc2n1. The summed E-state index contributed by atoms with van der Waals surface area (Å²) in [6.07, 6.45) is 1.92. The van der Waals surface area contributed by atoms with Gasteiger partial charge in [0.05, 0.1) is 12.6 Å². The van der Waals surface area contributed by atoms with Crippen molar-refractivity contribution in [2.24, 2.45) is 0 Å². The first-order valence-electron chi connectivity index (χ1n) is 8.02. The zero-order valence-corrected chi connectivity index (χ0v) is 13.9. The van der Waals surface area contributed by atoms with E-state index < -0.39 is 0 Å². The van der Waals surface area contributed by atoms with Gasteiger partial charge in [0.25, 0.3) is 5.56 Å². The van der Waals surface area contributed by atoms with E-state index in [1.807, 2.05) is 30.3 Å². The zero-order valence-electron chi connectivity index (χ0n) is 13.9. The fourth-order valence-electron chi connectivity index (χ4n) is 2.62. The molecule has 0 fully saturated rings. The van der Waals surface area contributed by atoms with Gasteiger partial charge in [-0.15, -0.1) is 0 Å². The van der Waals surface area contributed by atoms with Crippen LogP contribution in [-0.2, 0) is 17.9 Å². The average molecular weight is 337 g/mol. The van der Waals surface area contributed by atoms with Gasteiger partial charge in [0.15, 0.2) is 0 Å². The summed E-state index contributed by atoms with van der Waals surface area (Å²) in [5, 5.41) is 3.87. The maximum absolute atomic E-state index is 12.1. The maximum atomic E-state index is 12.1. The number of hydrogen-bond acceptors (Lipinski definition) is 4. The molecular weight excluding hydrogens is 318 g/mol. The Hall–Kier alpha value is -3.15. The van der Waals surface area contributed by atoms with E-state index in [4.69, 9.17) is 4.74 Å². The molecule has 0 atom stereocenters. The number of para-hydroxylation sites is 1. The molecule has 0 aliphatic rings. The second-order valence-electron chi connectivity index (χ2n) is 5.60. The van der Waals surface area contributed by atoms with Crippen LogP contribution >= 0.6 is 0 Å². The van der Waals surface area contributed by atoms with Gasteiger partial charge in [0.2, 0.25) is 11.8 Å². The van der Waals surface area contributed by atoms with Gasteiger partial charge in [-0.05, 0) is 17.7 Å². The number of aromatic nitrogens is 2. The Bertz CT molecular complexity index is 950. The Morgan fingerprint density at radius 1 is 1.20 bits per heavy atom. The second-order valence-corrected chi connectivity index (χ2v) is 5.60. The normalized spacial score (nSPS) is 10.6. The number of pyridine rings is 2. The number of methoxy groups -OCH3 is 1. The summed E-state index contributed by atoms with van der Waals surface area (Å²) in [6, 6.07) is 14.5. The van der Waals surface area contributed by atoms with Gasteiger partial charge in [0, 0.05) is 43.2 Å². The predicted octanol–water partition coefficient (Wildman–Crippen LogP) is 2.11. The van der Waals surface area contributed by atoms with E-state index in [9.17, 15) is 9.59 Å². The lowest BCUT2D eigenvalue weighted by atomic mass is 10.1. The van der Waals surface area contributed by atoms with Crippen LogP contribution in [0.2, 0.25) is 0 Å². The van der Waals surface area contributed by atoms with E-state index in [0.717, 1.165) is 16.5 Å². The Balaban J connectivity index is 1.67. The number of ether oxygens (including phenoxy) is 1. The fourth-order valence-corrected chi connectivity index (χ4v) is 2.62. The van der Waals surface area contributed by atoms with Crippen LogP contribution in [0.5, 0.6) is 5.88 Å². The number of hydrogen-bond donors (Lipinski definition) is 1. The van der Waals surface area contributed by atoms with Gasteiger partial charge in [0.1, 0.15) is 0 Å². The summed E-state index contributed by atoms with van der Waals surface area (Å²) >= 11 is 0. The number of carbonyl (C=O) groups excluding carboxylic acids is 1. The molecule has 0 aliphatic heterocycles. The van der Waals surface area contributed by atoms with Crippen LogP contribution in [0.3, 0.4) is 0 Å². The molecule has 6 nitrogen and oxygen atoms in total. The van der Waals surface area contributed by atoms with Crippen molar-refractivity contribution >= 4 is 16.8 Å². The number of fused-ring (bicyclic) bond motifs is 1. The summed E-state index contributed by atoms with van der Waals surface area (Å²) in [5.74, 6) is 0.398. The van der Waals surface area contributed by atoms with Crippen LogP contribution in [0.1, 0.15) is 12.0 Å². The first-order valence-corrected chi connectivity index (χ1v) is 8.02. The smallest absolute Gasteiger partial charge is 0.250 e. The molecule has 0 saturated carbocycles. The molecule has 0 spiro atoms. The molecule has 0 saturated heterocycles. The van der Waals surface area contributed by atoms with Crippen molar-refractivity contribution in [3.8, 4) is 5.88 Å². The van der Waals surface area contributed by atoms with Crippen molar-refractivity contribution in [2.75, 3.05) is 7.11 Å². The summed E-state index contributed by atoms with van der Waals surface area (Å²) in [6.45, 7) is 0.730. The van der Waals surface area contributed by atoms with Crippen molar-refractivity contribution in [1.29, 1.82) is 0 Å². The Morgan fingerprint density at radius 3 is 2.80 bits per heavy atom. The Morgan fingerprint density at radius 2 is 2.00 bits per heavy atom. The fraction of sp³-hybridized carbons (Fsp3) is 0.211. The number of benzene rings is 1. The van der Waals surface area contributed by atoms with Crippen molar-refractivity contribution in [2.45, 2.75) is 19.5 Å². The minimum atomic E-state index is -0.115. The molecule has 0 aliphatic carbocycles. The molecule has 0 bridgehead atoms. The van der Waals surface area contributed by atoms with Gasteiger partial charge in [-0.25, -0.2) is 4.98 Å². The highest BCUT2D eigenvalue weighted by Gasteiger charge is 2.08. The minimum absolute atomic E-state index is 0.111. The zero-order chi connectivity index (χ0) is 17.6. The van der Waals surface area contributed by atoms with Crippen molar-refractivity contribution in [3.05, 3.63) is 70.6 Å². The van der Waals surface area contributed by atoms with Crippen molar-refractivity contribution in [3.63, 3.8) is 0 Å². The van der Waals surface area contributed by atoms with E-state index in [0.29, 0.717) is 19.0 Å². The lowest BCUT2D eigenvalue weighted by Crippen LogP contribution is -2.26. The molecule has 0 unspecified atom stereocenters.